The molecule has 0 spiro atoms. The normalized spacial score (nSPS) is 10.1. The third-order valence-corrected chi connectivity index (χ3v) is 4.58. The SMILES string of the molecule is COC(=O)c1ccccc1NC(=O)CNc1cc(C(=O)Nc2ccccc2)ccc1C. The zero-order valence-electron chi connectivity index (χ0n) is 17.3. The molecule has 0 aromatic heterocycles. The Bertz CT molecular complexity index is 1100. The van der Waals surface area contributed by atoms with E-state index in [1.165, 1.54) is 7.11 Å². The molecule has 0 bridgehead atoms. The van der Waals surface area contributed by atoms with Crippen LogP contribution in [0.25, 0.3) is 0 Å². The van der Waals surface area contributed by atoms with Gasteiger partial charge in [-0.25, -0.2) is 4.79 Å². The van der Waals surface area contributed by atoms with Crippen LogP contribution in [0.3, 0.4) is 0 Å². The number of nitrogens with one attached hydrogen (secondary N) is 3. The van der Waals surface area contributed by atoms with E-state index >= 15 is 0 Å². The monoisotopic (exact) mass is 417 g/mol. The van der Waals surface area contributed by atoms with Crippen LogP contribution in [0, 0.1) is 6.92 Å². The van der Waals surface area contributed by atoms with E-state index in [0.29, 0.717) is 22.6 Å². The number of esters is 1. The molecule has 0 saturated heterocycles. The zero-order valence-corrected chi connectivity index (χ0v) is 17.3. The van der Waals surface area contributed by atoms with Gasteiger partial charge in [0, 0.05) is 16.9 Å². The van der Waals surface area contributed by atoms with E-state index in [-0.39, 0.29) is 23.9 Å². The summed E-state index contributed by atoms with van der Waals surface area (Å²) >= 11 is 0. The first-order valence-corrected chi connectivity index (χ1v) is 9.66. The molecule has 0 heterocycles. The Balaban J connectivity index is 1.65. The zero-order chi connectivity index (χ0) is 22.2. The first-order chi connectivity index (χ1) is 15.0. The average molecular weight is 417 g/mol. The van der Waals surface area contributed by atoms with E-state index in [2.05, 4.69) is 16.0 Å². The maximum Gasteiger partial charge on any atom is 0.339 e. The summed E-state index contributed by atoms with van der Waals surface area (Å²) in [5.41, 5.74) is 3.36. The minimum Gasteiger partial charge on any atom is -0.465 e. The number of hydrogen-bond acceptors (Lipinski definition) is 5. The number of hydrogen-bond donors (Lipinski definition) is 3. The summed E-state index contributed by atoms with van der Waals surface area (Å²) in [5, 5.41) is 8.59. The van der Waals surface area contributed by atoms with Crippen molar-refractivity contribution in [1.29, 1.82) is 0 Å². The van der Waals surface area contributed by atoms with Gasteiger partial charge in [-0.3, -0.25) is 9.59 Å². The van der Waals surface area contributed by atoms with Crippen LogP contribution >= 0.6 is 0 Å². The number of carbonyl (C=O) groups excluding carboxylic acids is 3. The summed E-state index contributed by atoms with van der Waals surface area (Å²) in [5.74, 6) is -1.11. The van der Waals surface area contributed by atoms with Gasteiger partial charge in [-0.2, -0.15) is 0 Å². The Labute approximate surface area is 180 Å². The largest absolute Gasteiger partial charge is 0.465 e. The number of amides is 2. The molecule has 0 atom stereocenters. The van der Waals surface area contributed by atoms with Gasteiger partial charge in [0.25, 0.3) is 5.91 Å². The van der Waals surface area contributed by atoms with Gasteiger partial charge < -0.3 is 20.7 Å². The van der Waals surface area contributed by atoms with Gasteiger partial charge in [-0.1, -0.05) is 36.4 Å². The van der Waals surface area contributed by atoms with Crippen LogP contribution in [0.4, 0.5) is 17.1 Å². The van der Waals surface area contributed by atoms with E-state index < -0.39 is 5.97 Å². The smallest absolute Gasteiger partial charge is 0.339 e. The van der Waals surface area contributed by atoms with Crippen molar-refractivity contribution in [2.24, 2.45) is 0 Å². The van der Waals surface area contributed by atoms with Crippen molar-refractivity contribution in [2.75, 3.05) is 29.6 Å². The molecular weight excluding hydrogens is 394 g/mol. The number of anilines is 3. The number of aryl methyl sites for hydroxylation is 1. The highest BCUT2D eigenvalue weighted by molar-refractivity contribution is 6.05. The quantitative estimate of drug-likeness (QED) is 0.503. The summed E-state index contributed by atoms with van der Waals surface area (Å²) in [6.07, 6.45) is 0. The van der Waals surface area contributed by atoms with E-state index in [1.54, 1.807) is 36.4 Å². The fourth-order valence-corrected chi connectivity index (χ4v) is 2.93. The number of methoxy groups -OCH3 is 1. The predicted octanol–water partition coefficient (Wildman–Crippen LogP) is 4.08. The molecule has 3 aromatic rings. The number of ether oxygens (including phenoxy) is 1. The van der Waals surface area contributed by atoms with Crippen LogP contribution in [-0.2, 0) is 9.53 Å². The molecule has 31 heavy (non-hydrogen) atoms. The van der Waals surface area contributed by atoms with Crippen molar-refractivity contribution in [3.05, 3.63) is 89.5 Å². The molecule has 0 aliphatic carbocycles. The van der Waals surface area contributed by atoms with Crippen molar-refractivity contribution in [3.63, 3.8) is 0 Å². The summed E-state index contributed by atoms with van der Waals surface area (Å²) < 4.78 is 4.74. The number of rotatable bonds is 7. The van der Waals surface area contributed by atoms with Crippen LogP contribution in [0.2, 0.25) is 0 Å². The van der Waals surface area contributed by atoms with Gasteiger partial charge >= 0.3 is 5.97 Å². The highest BCUT2D eigenvalue weighted by Crippen LogP contribution is 2.19. The number of para-hydroxylation sites is 2. The van der Waals surface area contributed by atoms with Gasteiger partial charge in [0.05, 0.1) is 24.9 Å². The van der Waals surface area contributed by atoms with Crippen molar-refractivity contribution >= 4 is 34.8 Å². The van der Waals surface area contributed by atoms with Crippen LogP contribution < -0.4 is 16.0 Å². The topological polar surface area (TPSA) is 96.5 Å². The molecule has 3 N–H and O–H groups in total. The van der Waals surface area contributed by atoms with Crippen LogP contribution in [0.5, 0.6) is 0 Å². The Morgan fingerprint density at radius 1 is 0.839 bits per heavy atom. The lowest BCUT2D eigenvalue weighted by Crippen LogP contribution is -2.23. The maximum absolute atomic E-state index is 12.5. The van der Waals surface area contributed by atoms with Gasteiger partial charge in [0.2, 0.25) is 5.91 Å². The second-order valence-corrected chi connectivity index (χ2v) is 6.79. The lowest BCUT2D eigenvalue weighted by Gasteiger charge is -2.13. The average Bonchev–Trinajstić information content (AvgIpc) is 2.79. The van der Waals surface area contributed by atoms with Crippen LogP contribution in [-0.4, -0.2) is 31.4 Å². The van der Waals surface area contributed by atoms with Crippen LogP contribution in [0.15, 0.2) is 72.8 Å². The Morgan fingerprint density at radius 3 is 2.29 bits per heavy atom. The van der Waals surface area contributed by atoms with Gasteiger partial charge in [-0.05, 0) is 48.9 Å². The minimum absolute atomic E-state index is 0.0416. The van der Waals surface area contributed by atoms with Gasteiger partial charge in [-0.15, -0.1) is 0 Å². The fraction of sp³-hybridized carbons (Fsp3) is 0.125. The third kappa shape index (κ3) is 5.70. The lowest BCUT2D eigenvalue weighted by molar-refractivity contribution is -0.114. The maximum atomic E-state index is 12.5. The molecule has 0 aliphatic heterocycles. The summed E-state index contributed by atoms with van der Waals surface area (Å²) in [6.45, 7) is 1.84. The first kappa shape index (κ1) is 21.6. The van der Waals surface area contributed by atoms with Gasteiger partial charge in [0.1, 0.15) is 0 Å². The second kappa shape index (κ2) is 10.1. The van der Waals surface area contributed by atoms with E-state index in [1.807, 2.05) is 43.3 Å². The molecule has 0 aliphatic rings. The van der Waals surface area contributed by atoms with Crippen molar-refractivity contribution in [2.45, 2.75) is 6.92 Å². The molecule has 158 valence electrons. The second-order valence-electron chi connectivity index (χ2n) is 6.79. The minimum atomic E-state index is -0.531. The lowest BCUT2D eigenvalue weighted by atomic mass is 10.1. The Hall–Kier alpha value is -4.13. The highest BCUT2D eigenvalue weighted by Gasteiger charge is 2.14. The van der Waals surface area contributed by atoms with Gasteiger partial charge in [0.15, 0.2) is 0 Å². The Kier molecular flexibility index (Phi) is 7.01. The third-order valence-electron chi connectivity index (χ3n) is 4.58. The molecule has 3 rings (SSSR count). The van der Waals surface area contributed by atoms with E-state index in [9.17, 15) is 14.4 Å². The summed E-state index contributed by atoms with van der Waals surface area (Å²) in [4.78, 5) is 36.8. The number of carbonyl (C=O) groups is 3. The van der Waals surface area contributed by atoms with Crippen molar-refractivity contribution in [3.8, 4) is 0 Å². The fourth-order valence-electron chi connectivity index (χ4n) is 2.93. The number of benzene rings is 3. The van der Waals surface area contributed by atoms with E-state index in [0.717, 1.165) is 5.56 Å². The summed E-state index contributed by atoms with van der Waals surface area (Å²) in [6, 6.07) is 21.0. The molecule has 2 amide bonds. The van der Waals surface area contributed by atoms with Crippen molar-refractivity contribution < 1.29 is 19.1 Å². The molecule has 7 nitrogen and oxygen atoms in total. The molecule has 7 heteroatoms. The molecule has 0 unspecified atom stereocenters. The first-order valence-electron chi connectivity index (χ1n) is 9.66. The van der Waals surface area contributed by atoms with E-state index in [4.69, 9.17) is 4.74 Å². The molecule has 3 aromatic carbocycles. The molecule has 0 radical (unpaired) electrons. The predicted molar refractivity (Wildman–Crippen MR) is 120 cm³/mol. The standard InChI is InChI=1S/C24H23N3O4/c1-16-12-13-17(23(29)26-18-8-4-3-5-9-18)14-21(16)25-15-22(28)27-20-11-7-6-10-19(20)24(30)31-2/h3-14,25H,15H2,1-2H3,(H,26,29)(H,27,28). The molecule has 0 saturated carbocycles. The molecule has 0 fully saturated rings. The Morgan fingerprint density at radius 2 is 1.55 bits per heavy atom. The van der Waals surface area contributed by atoms with Crippen molar-refractivity contribution in [1.82, 2.24) is 0 Å². The van der Waals surface area contributed by atoms with Crippen LogP contribution in [0.1, 0.15) is 26.3 Å². The highest BCUT2D eigenvalue weighted by atomic mass is 16.5. The summed E-state index contributed by atoms with van der Waals surface area (Å²) in [7, 11) is 1.28. The molecular formula is C24H23N3O4.